The van der Waals surface area contributed by atoms with Gasteiger partial charge in [-0.1, -0.05) is 73.1 Å². The molecule has 0 spiro atoms. The number of primary amides is 1. The number of amides is 6. The van der Waals surface area contributed by atoms with Crippen LogP contribution in [0.4, 0.5) is 25.8 Å². The lowest BCUT2D eigenvalue weighted by atomic mass is 9.89. The number of ether oxygens (including phenoxy) is 4. The van der Waals surface area contributed by atoms with Gasteiger partial charge in [0.1, 0.15) is 36.2 Å². The van der Waals surface area contributed by atoms with Gasteiger partial charge in [0.15, 0.2) is 5.78 Å². The van der Waals surface area contributed by atoms with Gasteiger partial charge in [0.25, 0.3) is 5.91 Å². The maximum atomic E-state index is 14.4. The van der Waals surface area contributed by atoms with Crippen LogP contribution in [0.15, 0.2) is 78.9 Å². The van der Waals surface area contributed by atoms with Crippen molar-refractivity contribution in [3.8, 4) is 11.5 Å². The number of halogens is 1. The monoisotopic (exact) mass is 1170 g/mol. The van der Waals surface area contributed by atoms with Crippen LogP contribution in [-0.4, -0.2) is 147 Å². The Balaban J connectivity index is 0.870. The number of hydrogen-bond acceptors (Lipinski definition) is 13. The number of nitrogens with zero attached hydrogens (tertiary/aromatic N) is 3. The summed E-state index contributed by atoms with van der Waals surface area (Å²) in [5, 5.41) is 14.6. The number of carbonyl (C=O) groups excluding carboxylic acids is 7. The van der Waals surface area contributed by atoms with E-state index >= 15 is 0 Å². The number of fused-ring (bicyclic) bond motifs is 4. The van der Waals surface area contributed by atoms with Crippen LogP contribution in [0.2, 0.25) is 0 Å². The van der Waals surface area contributed by atoms with Crippen molar-refractivity contribution in [2.24, 2.45) is 17.6 Å². The number of alkyl carbamates (subject to hydrolysis) is 1. The van der Waals surface area contributed by atoms with Crippen LogP contribution in [0.25, 0.3) is 21.7 Å². The molecular weight excluding hydrogens is 1090 g/mol. The Kier molecular flexibility index (Phi) is 22.7. The molecule has 4 aromatic carbocycles. The minimum Gasteiger partial charge on any atom is -0.492 e. The summed E-state index contributed by atoms with van der Waals surface area (Å²) in [7, 11) is 2.03. The van der Waals surface area contributed by atoms with Gasteiger partial charge in [-0.25, -0.2) is 14.4 Å². The first-order valence-corrected chi connectivity index (χ1v) is 28.8. The third-order valence-corrected chi connectivity index (χ3v) is 15.1. The molecule has 430 valence electrons. The van der Waals surface area contributed by atoms with Crippen molar-refractivity contribution >= 4 is 90.6 Å². The number of likely N-dealkylation sites (N-methyl/N-ethyl adjacent to an activating group) is 1. The molecule has 0 saturated carbocycles. The molecule has 0 radical (unpaired) electrons. The number of Topliss-reactive ketones (excluding diaryl/α,β-unsaturated/α-hetero) is 2. The highest BCUT2D eigenvalue weighted by molar-refractivity contribution is 9.09. The van der Waals surface area contributed by atoms with Gasteiger partial charge in [-0.2, -0.15) is 0 Å². The highest BCUT2D eigenvalue weighted by atomic mass is 79.9. The van der Waals surface area contributed by atoms with E-state index in [4.69, 9.17) is 24.7 Å². The second kappa shape index (κ2) is 29.9. The van der Waals surface area contributed by atoms with Crippen molar-refractivity contribution < 1.29 is 52.5 Å². The molecule has 80 heavy (non-hydrogen) atoms. The number of alkyl halides is 1. The molecule has 0 aliphatic carbocycles. The fourth-order valence-electron chi connectivity index (χ4n) is 9.95. The Bertz CT molecular complexity index is 2940. The van der Waals surface area contributed by atoms with Crippen molar-refractivity contribution in [3.63, 3.8) is 0 Å². The average Bonchev–Trinajstić information content (AvgIpc) is 4.14. The summed E-state index contributed by atoms with van der Waals surface area (Å²) in [6.45, 7) is 11.0. The van der Waals surface area contributed by atoms with E-state index in [2.05, 4.69) is 47.1 Å². The zero-order valence-electron chi connectivity index (χ0n) is 46.2. The summed E-state index contributed by atoms with van der Waals surface area (Å²) < 4.78 is 22.9. The molecule has 7 rings (SSSR count). The minimum absolute atomic E-state index is 0.00291. The number of aromatic amines is 1. The number of hydrogen-bond donors (Lipinski definition) is 6. The SMILES string of the molecule is CCCOCCC(=O)CCCN[C@H](C(=O)C[C@@H](CCCNC(N)=O)C(=O)Nc1ccc(COC(=O)NCCOc2ccc3[nH]c(C(=O)N4C[C@@H](CBr)c5c4cc(OC(=O)N4CCN(C)CC4)c4ccccc54)cc3c2)cc1)C(C)C. The highest BCUT2D eigenvalue weighted by Gasteiger charge is 2.36. The Morgan fingerprint density at radius 3 is 2.33 bits per heavy atom. The van der Waals surface area contributed by atoms with Gasteiger partial charge in [-0.15, -0.1) is 0 Å². The molecule has 0 unspecified atom stereocenters. The van der Waals surface area contributed by atoms with Crippen molar-refractivity contribution in [2.45, 2.75) is 84.3 Å². The molecule has 2 aliphatic rings. The molecule has 3 atom stereocenters. The van der Waals surface area contributed by atoms with Gasteiger partial charge in [0.05, 0.1) is 24.9 Å². The molecule has 1 aromatic heterocycles. The lowest BCUT2D eigenvalue weighted by Crippen LogP contribution is -2.48. The van der Waals surface area contributed by atoms with Crippen molar-refractivity contribution in [1.82, 2.24) is 30.7 Å². The molecule has 21 heteroatoms. The van der Waals surface area contributed by atoms with Crippen LogP contribution in [0.1, 0.15) is 93.3 Å². The molecule has 5 aromatic rings. The number of ketones is 2. The van der Waals surface area contributed by atoms with Gasteiger partial charge in [-0.3, -0.25) is 19.2 Å². The van der Waals surface area contributed by atoms with E-state index < -0.39 is 30.2 Å². The largest absolute Gasteiger partial charge is 0.492 e. The van der Waals surface area contributed by atoms with Crippen LogP contribution in [0, 0.1) is 11.8 Å². The van der Waals surface area contributed by atoms with Crippen LogP contribution in [0.5, 0.6) is 11.5 Å². The normalized spacial score (nSPS) is 15.1. The van der Waals surface area contributed by atoms with Crippen LogP contribution in [-0.2, 0) is 30.5 Å². The van der Waals surface area contributed by atoms with E-state index in [0.717, 1.165) is 46.7 Å². The van der Waals surface area contributed by atoms with Gasteiger partial charge in [0, 0.05) is 110 Å². The fourth-order valence-corrected chi connectivity index (χ4v) is 10.5. The van der Waals surface area contributed by atoms with E-state index in [0.29, 0.717) is 111 Å². The summed E-state index contributed by atoms with van der Waals surface area (Å²) in [5.41, 5.74) is 9.24. The Labute approximate surface area is 475 Å². The summed E-state index contributed by atoms with van der Waals surface area (Å²) in [4.78, 5) is 100. The first-order chi connectivity index (χ1) is 38.6. The second-order valence-electron chi connectivity index (χ2n) is 20.7. The van der Waals surface area contributed by atoms with Crippen molar-refractivity contribution in [2.75, 3.05) is 94.8 Å². The lowest BCUT2D eigenvalue weighted by Gasteiger charge is -2.31. The lowest BCUT2D eigenvalue weighted by molar-refractivity contribution is -0.128. The summed E-state index contributed by atoms with van der Waals surface area (Å²) >= 11 is 3.69. The number of aromatic nitrogens is 1. The second-order valence-corrected chi connectivity index (χ2v) is 21.4. The number of piperazine rings is 1. The smallest absolute Gasteiger partial charge is 0.415 e. The van der Waals surface area contributed by atoms with E-state index in [1.165, 1.54) is 0 Å². The van der Waals surface area contributed by atoms with E-state index in [1.807, 2.05) is 70.3 Å². The third kappa shape index (κ3) is 17.0. The maximum absolute atomic E-state index is 14.4. The van der Waals surface area contributed by atoms with Crippen LogP contribution >= 0.6 is 15.9 Å². The quantitative estimate of drug-likeness (QED) is 0.0195. The van der Waals surface area contributed by atoms with Gasteiger partial charge in [-0.05, 0) is 98.1 Å². The molecule has 6 amide bonds. The Morgan fingerprint density at radius 2 is 1.60 bits per heavy atom. The van der Waals surface area contributed by atoms with E-state index in [-0.39, 0.29) is 67.9 Å². The molecule has 20 nitrogen and oxygen atoms in total. The first-order valence-electron chi connectivity index (χ1n) is 27.7. The number of benzene rings is 4. The number of H-pyrrole nitrogens is 1. The number of anilines is 2. The van der Waals surface area contributed by atoms with Gasteiger partial charge in [0.2, 0.25) is 5.91 Å². The number of rotatable bonds is 29. The highest BCUT2D eigenvalue weighted by Crippen LogP contribution is 2.46. The standard InChI is InChI=1S/C59H76BrN9O11/c1-5-28-77-29-20-44(70)11-9-21-62-54(38(2)3)51(71)33-40(10-8-22-63-57(61)74)55(72)65-43-16-14-39(15-17-43)37-79-58(75)64-23-30-78-45-18-19-48-41(31-45)32-49(66-48)56(73)69-36-42(35-60)53-47-13-7-6-12-46(47)52(34-50(53)69)80-59(76)68-26-24-67(4)25-27-68/h6-7,12-19,31-32,34,38,40,42,54,62,66H,5,8-11,20-30,33,35-37H2,1-4H3,(H,64,75)(H,65,72)(H3,61,63,74)/t40-,42-,54+/m1/s1. The van der Waals surface area contributed by atoms with Crippen molar-refractivity contribution in [1.29, 1.82) is 0 Å². The van der Waals surface area contributed by atoms with Crippen molar-refractivity contribution in [3.05, 3.63) is 95.7 Å². The summed E-state index contributed by atoms with van der Waals surface area (Å²) in [6.07, 6.45) is 1.87. The number of carbonyl (C=O) groups is 7. The zero-order valence-corrected chi connectivity index (χ0v) is 47.8. The maximum Gasteiger partial charge on any atom is 0.415 e. The van der Waals surface area contributed by atoms with Crippen LogP contribution in [0.3, 0.4) is 0 Å². The van der Waals surface area contributed by atoms with Gasteiger partial charge >= 0.3 is 18.2 Å². The molecule has 0 bridgehead atoms. The fraction of sp³-hybridized carbons (Fsp3) is 0.475. The van der Waals surface area contributed by atoms with E-state index in [1.54, 1.807) is 46.2 Å². The predicted octanol–water partition coefficient (Wildman–Crippen LogP) is 8.25. The first kappa shape index (κ1) is 60.6. The number of urea groups is 1. The number of nitrogens with one attached hydrogen (secondary N) is 5. The number of nitrogens with two attached hydrogens (primary N) is 1. The predicted molar refractivity (Wildman–Crippen MR) is 311 cm³/mol. The molecular formula is C59H76BrN9O11. The molecule has 3 heterocycles. The van der Waals surface area contributed by atoms with Gasteiger partial charge < -0.3 is 65.6 Å². The molecule has 7 N–H and O–H groups in total. The Morgan fingerprint density at radius 1 is 0.838 bits per heavy atom. The summed E-state index contributed by atoms with van der Waals surface area (Å²) in [5.74, 6) is -0.394. The van der Waals surface area contributed by atoms with E-state index in [9.17, 15) is 33.6 Å². The third-order valence-electron chi connectivity index (χ3n) is 14.3. The molecule has 2 aliphatic heterocycles. The molecule has 1 fully saturated rings. The van der Waals surface area contributed by atoms with Crippen LogP contribution < -0.4 is 41.4 Å². The average molecular weight is 1170 g/mol. The Hall–Kier alpha value is -7.07. The topological polar surface area (TPSA) is 256 Å². The zero-order chi connectivity index (χ0) is 57.1. The summed E-state index contributed by atoms with van der Waals surface area (Å²) in [6, 6.07) is 22.5. The molecule has 1 saturated heterocycles. The minimum atomic E-state index is -0.696.